The van der Waals surface area contributed by atoms with Crippen molar-refractivity contribution in [1.82, 2.24) is 4.98 Å². The second-order valence-corrected chi connectivity index (χ2v) is 5.63. The third-order valence-corrected chi connectivity index (χ3v) is 3.96. The van der Waals surface area contributed by atoms with Crippen molar-refractivity contribution in [1.29, 1.82) is 0 Å². The number of benzene rings is 1. The zero-order chi connectivity index (χ0) is 12.5. The van der Waals surface area contributed by atoms with Gasteiger partial charge in [-0.15, -0.1) is 0 Å². The lowest BCUT2D eigenvalue weighted by Gasteiger charge is -2.31. The van der Waals surface area contributed by atoms with Crippen molar-refractivity contribution in [3.63, 3.8) is 0 Å². The molecule has 1 aliphatic rings. The number of hydrogen-bond acceptors (Lipinski definition) is 3. The zero-order valence-corrected chi connectivity index (χ0v) is 11.6. The molecule has 1 aromatic carbocycles. The fourth-order valence-corrected chi connectivity index (χ4v) is 2.82. The number of aliphatic hydroxyl groups is 1. The van der Waals surface area contributed by atoms with Crippen LogP contribution in [-0.2, 0) is 0 Å². The Morgan fingerprint density at radius 3 is 2.78 bits per heavy atom. The lowest BCUT2D eigenvalue weighted by molar-refractivity contribution is 0.145. The van der Waals surface area contributed by atoms with E-state index in [0.717, 1.165) is 36.2 Å². The molecule has 4 heteroatoms. The normalized spacial score (nSPS) is 17.3. The van der Waals surface area contributed by atoms with Crippen LogP contribution < -0.4 is 4.90 Å². The van der Waals surface area contributed by atoms with Crippen LogP contribution in [0.1, 0.15) is 12.8 Å². The monoisotopic (exact) mass is 306 g/mol. The predicted octanol–water partition coefficient (Wildman–Crippen LogP) is 2.96. The highest BCUT2D eigenvalue weighted by molar-refractivity contribution is 9.10. The Kier molecular flexibility index (Phi) is 3.22. The lowest BCUT2D eigenvalue weighted by Crippen LogP contribution is -2.36. The quantitative estimate of drug-likeness (QED) is 0.880. The highest BCUT2D eigenvalue weighted by Crippen LogP contribution is 2.29. The number of aliphatic hydroxyl groups excluding tert-OH is 1. The number of anilines is 1. The Labute approximate surface area is 115 Å². The molecule has 0 radical (unpaired) electrons. The van der Waals surface area contributed by atoms with E-state index in [0.29, 0.717) is 0 Å². The van der Waals surface area contributed by atoms with Gasteiger partial charge in [0.1, 0.15) is 5.82 Å². The first-order valence-corrected chi connectivity index (χ1v) is 7.00. The number of nitrogens with zero attached hydrogens (tertiary/aromatic N) is 2. The molecule has 0 amide bonds. The third-order valence-electron chi connectivity index (χ3n) is 3.47. The van der Waals surface area contributed by atoms with Gasteiger partial charge in [0.2, 0.25) is 0 Å². The average Bonchev–Trinajstić information content (AvgIpc) is 2.39. The van der Waals surface area contributed by atoms with Gasteiger partial charge in [0, 0.05) is 29.1 Å². The van der Waals surface area contributed by atoms with Crippen LogP contribution in [0, 0.1) is 0 Å². The van der Waals surface area contributed by atoms with Gasteiger partial charge in [0.05, 0.1) is 6.10 Å². The standard InChI is InChI=1S/C14H15BrN2O/c15-11-2-1-10-3-6-16-14(13(10)9-11)17-7-4-12(18)5-8-17/h1-3,6,9,12,18H,4-5,7-8H2. The number of halogens is 1. The molecule has 1 N–H and O–H groups in total. The molecular formula is C14H15BrN2O. The van der Waals surface area contributed by atoms with Crippen molar-refractivity contribution in [2.75, 3.05) is 18.0 Å². The van der Waals surface area contributed by atoms with Gasteiger partial charge in [-0.1, -0.05) is 22.0 Å². The Bertz CT molecular complexity index is 565. The van der Waals surface area contributed by atoms with E-state index in [4.69, 9.17) is 0 Å². The Balaban J connectivity index is 2.03. The van der Waals surface area contributed by atoms with Gasteiger partial charge in [-0.3, -0.25) is 0 Å². The third kappa shape index (κ3) is 2.22. The number of pyridine rings is 1. The average molecular weight is 307 g/mol. The first kappa shape index (κ1) is 11.9. The summed E-state index contributed by atoms with van der Waals surface area (Å²) in [6.07, 6.45) is 3.36. The summed E-state index contributed by atoms with van der Waals surface area (Å²) >= 11 is 3.51. The van der Waals surface area contributed by atoms with Gasteiger partial charge >= 0.3 is 0 Å². The highest BCUT2D eigenvalue weighted by atomic mass is 79.9. The van der Waals surface area contributed by atoms with Gasteiger partial charge in [-0.2, -0.15) is 0 Å². The van der Waals surface area contributed by atoms with Crippen LogP contribution in [-0.4, -0.2) is 29.3 Å². The molecule has 0 saturated carbocycles. The number of rotatable bonds is 1. The summed E-state index contributed by atoms with van der Waals surface area (Å²) in [6.45, 7) is 1.75. The summed E-state index contributed by atoms with van der Waals surface area (Å²) in [7, 11) is 0. The van der Waals surface area contributed by atoms with Crippen molar-refractivity contribution < 1.29 is 5.11 Å². The van der Waals surface area contributed by atoms with E-state index in [2.05, 4.69) is 37.9 Å². The number of piperidine rings is 1. The van der Waals surface area contributed by atoms with Crippen LogP contribution >= 0.6 is 15.9 Å². The van der Waals surface area contributed by atoms with Crippen LogP contribution in [0.4, 0.5) is 5.82 Å². The summed E-state index contributed by atoms with van der Waals surface area (Å²) in [5.74, 6) is 1.03. The topological polar surface area (TPSA) is 36.4 Å². The molecule has 3 nitrogen and oxygen atoms in total. The van der Waals surface area contributed by atoms with Crippen LogP contribution in [0.3, 0.4) is 0 Å². The van der Waals surface area contributed by atoms with Crippen LogP contribution in [0.15, 0.2) is 34.9 Å². The largest absolute Gasteiger partial charge is 0.393 e. The number of aromatic nitrogens is 1. The minimum Gasteiger partial charge on any atom is -0.393 e. The van der Waals surface area contributed by atoms with E-state index in [9.17, 15) is 5.11 Å². The molecule has 94 valence electrons. The Morgan fingerprint density at radius 1 is 1.22 bits per heavy atom. The van der Waals surface area contributed by atoms with Crippen LogP contribution in [0.25, 0.3) is 10.8 Å². The fourth-order valence-electron chi connectivity index (χ4n) is 2.45. The molecule has 0 unspecified atom stereocenters. The van der Waals surface area contributed by atoms with Crippen LogP contribution in [0.2, 0.25) is 0 Å². The summed E-state index contributed by atoms with van der Waals surface area (Å²) in [6, 6.07) is 8.29. The van der Waals surface area contributed by atoms with Crippen molar-refractivity contribution in [2.45, 2.75) is 18.9 Å². The molecule has 0 spiro atoms. The second kappa shape index (κ2) is 4.86. The van der Waals surface area contributed by atoms with E-state index < -0.39 is 0 Å². The second-order valence-electron chi connectivity index (χ2n) is 4.72. The molecule has 1 aliphatic heterocycles. The minimum absolute atomic E-state index is 0.150. The van der Waals surface area contributed by atoms with Crippen molar-refractivity contribution >= 4 is 32.5 Å². The summed E-state index contributed by atoms with van der Waals surface area (Å²) in [5, 5.41) is 11.9. The first-order valence-electron chi connectivity index (χ1n) is 6.21. The molecule has 0 atom stereocenters. The molecule has 0 bridgehead atoms. The maximum atomic E-state index is 9.58. The molecule has 1 aromatic heterocycles. The Hall–Kier alpha value is -1.13. The summed E-state index contributed by atoms with van der Waals surface area (Å²) in [4.78, 5) is 6.79. The van der Waals surface area contributed by atoms with Gasteiger partial charge in [-0.25, -0.2) is 4.98 Å². The maximum Gasteiger partial charge on any atom is 0.136 e. The Morgan fingerprint density at radius 2 is 2.00 bits per heavy atom. The van der Waals surface area contributed by atoms with E-state index >= 15 is 0 Å². The molecule has 2 heterocycles. The molecule has 3 rings (SSSR count). The van der Waals surface area contributed by atoms with Crippen molar-refractivity contribution in [3.05, 3.63) is 34.9 Å². The SMILES string of the molecule is OC1CCN(c2nccc3ccc(Br)cc23)CC1. The fraction of sp³-hybridized carbons (Fsp3) is 0.357. The van der Waals surface area contributed by atoms with Crippen LogP contribution in [0.5, 0.6) is 0 Å². The number of fused-ring (bicyclic) bond motifs is 1. The summed E-state index contributed by atoms with van der Waals surface area (Å²) < 4.78 is 1.07. The first-order chi connectivity index (χ1) is 8.74. The predicted molar refractivity (Wildman–Crippen MR) is 76.9 cm³/mol. The molecule has 0 aliphatic carbocycles. The van der Waals surface area contributed by atoms with E-state index in [1.54, 1.807) is 0 Å². The lowest BCUT2D eigenvalue weighted by atomic mass is 10.1. The molecular weight excluding hydrogens is 292 g/mol. The zero-order valence-electron chi connectivity index (χ0n) is 10.0. The molecule has 1 fully saturated rings. The van der Waals surface area contributed by atoms with Gasteiger partial charge in [0.15, 0.2) is 0 Å². The van der Waals surface area contributed by atoms with Gasteiger partial charge in [-0.05, 0) is 36.4 Å². The van der Waals surface area contributed by atoms with E-state index in [1.807, 2.05) is 18.3 Å². The van der Waals surface area contributed by atoms with Crippen molar-refractivity contribution in [2.24, 2.45) is 0 Å². The van der Waals surface area contributed by atoms with E-state index in [-0.39, 0.29) is 6.10 Å². The van der Waals surface area contributed by atoms with E-state index in [1.165, 1.54) is 10.8 Å². The van der Waals surface area contributed by atoms with Gasteiger partial charge in [0.25, 0.3) is 0 Å². The minimum atomic E-state index is -0.150. The molecule has 2 aromatic rings. The van der Waals surface area contributed by atoms with Crippen molar-refractivity contribution in [3.8, 4) is 0 Å². The van der Waals surface area contributed by atoms with Gasteiger partial charge < -0.3 is 10.0 Å². The smallest absolute Gasteiger partial charge is 0.136 e. The summed E-state index contributed by atoms with van der Waals surface area (Å²) in [5.41, 5.74) is 0. The highest BCUT2D eigenvalue weighted by Gasteiger charge is 2.19. The molecule has 1 saturated heterocycles. The maximum absolute atomic E-state index is 9.58. The number of hydrogen-bond donors (Lipinski definition) is 1. The molecule has 18 heavy (non-hydrogen) atoms.